The van der Waals surface area contributed by atoms with Gasteiger partial charge in [-0.3, -0.25) is 9.36 Å². The van der Waals surface area contributed by atoms with E-state index in [1.165, 1.54) is 11.8 Å². The number of carbonyl (C=O) groups is 1. The zero-order chi connectivity index (χ0) is 14.5. The normalized spacial score (nSPS) is 10.5. The zero-order valence-electron chi connectivity index (χ0n) is 10.8. The number of nitrogens with one attached hydrogen (secondary N) is 1. The number of hydrogen-bond donors (Lipinski definition) is 2. The van der Waals surface area contributed by atoms with E-state index in [4.69, 9.17) is 17.3 Å². The molecule has 0 aliphatic rings. The number of carbonyl (C=O) groups excluding carboxylic acids is 1. The minimum Gasteiger partial charge on any atom is -0.368 e. The Bertz CT molecular complexity index is 616. The predicted octanol–water partition coefficient (Wildman–Crippen LogP) is 2.17. The van der Waals surface area contributed by atoms with Crippen LogP contribution in [0.4, 0.5) is 11.6 Å². The van der Waals surface area contributed by atoms with Crippen molar-refractivity contribution in [3.8, 4) is 0 Å². The molecule has 6 nitrogen and oxygen atoms in total. The van der Waals surface area contributed by atoms with Gasteiger partial charge < -0.3 is 11.1 Å². The monoisotopic (exact) mass is 311 g/mol. The average molecular weight is 312 g/mol. The SMILES string of the molecule is Cn1c(N)nnc1SCCC(=O)Nc1ccccc1Cl. The summed E-state index contributed by atoms with van der Waals surface area (Å²) >= 11 is 7.39. The Balaban J connectivity index is 1.81. The molecule has 20 heavy (non-hydrogen) atoms. The summed E-state index contributed by atoms with van der Waals surface area (Å²) in [6.07, 6.45) is 0.350. The molecule has 0 atom stereocenters. The number of halogens is 1. The Hall–Kier alpha value is -1.73. The van der Waals surface area contributed by atoms with Gasteiger partial charge in [0.25, 0.3) is 0 Å². The van der Waals surface area contributed by atoms with Crippen LogP contribution in [0.25, 0.3) is 0 Å². The van der Waals surface area contributed by atoms with Crippen molar-refractivity contribution in [2.45, 2.75) is 11.6 Å². The van der Waals surface area contributed by atoms with Crippen molar-refractivity contribution in [2.24, 2.45) is 7.05 Å². The minimum atomic E-state index is -0.0965. The molecule has 2 aromatic rings. The van der Waals surface area contributed by atoms with Crippen molar-refractivity contribution < 1.29 is 4.79 Å². The molecule has 0 saturated carbocycles. The predicted molar refractivity (Wildman–Crippen MR) is 80.8 cm³/mol. The van der Waals surface area contributed by atoms with Crippen LogP contribution in [-0.2, 0) is 11.8 Å². The fourth-order valence-corrected chi connectivity index (χ4v) is 2.50. The molecule has 2 rings (SSSR count). The first-order valence-electron chi connectivity index (χ1n) is 5.90. The highest BCUT2D eigenvalue weighted by molar-refractivity contribution is 7.99. The summed E-state index contributed by atoms with van der Waals surface area (Å²) in [7, 11) is 1.78. The molecule has 1 heterocycles. The van der Waals surface area contributed by atoms with E-state index in [-0.39, 0.29) is 5.91 Å². The fraction of sp³-hybridized carbons (Fsp3) is 0.250. The van der Waals surface area contributed by atoms with Crippen molar-refractivity contribution in [3.63, 3.8) is 0 Å². The van der Waals surface area contributed by atoms with E-state index in [2.05, 4.69) is 15.5 Å². The van der Waals surface area contributed by atoms with Crippen LogP contribution in [0.2, 0.25) is 5.02 Å². The van der Waals surface area contributed by atoms with Crippen LogP contribution in [0, 0.1) is 0 Å². The third-order valence-electron chi connectivity index (χ3n) is 2.58. The van der Waals surface area contributed by atoms with Crippen LogP contribution in [0.1, 0.15) is 6.42 Å². The molecule has 0 aliphatic carbocycles. The molecule has 1 aromatic carbocycles. The Morgan fingerprint density at radius 3 is 2.85 bits per heavy atom. The van der Waals surface area contributed by atoms with Gasteiger partial charge in [0.15, 0.2) is 5.16 Å². The van der Waals surface area contributed by atoms with Crippen LogP contribution in [0.3, 0.4) is 0 Å². The van der Waals surface area contributed by atoms with Crippen LogP contribution < -0.4 is 11.1 Å². The second kappa shape index (κ2) is 6.62. The Kier molecular flexibility index (Phi) is 4.86. The molecular weight excluding hydrogens is 298 g/mol. The second-order valence-electron chi connectivity index (χ2n) is 4.03. The summed E-state index contributed by atoms with van der Waals surface area (Å²) in [5.41, 5.74) is 6.19. The standard InChI is InChI=1S/C12H14ClN5OS/c1-18-11(14)16-17-12(18)20-7-6-10(19)15-9-5-3-2-4-8(9)13/h2-5H,6-7H2,1H3,(H2,14,16)(H,15,19). The number of benzene rings is 1. The number of nitrogens with zero attached hydrogens (tertiary/aromatic N) is 3. The number of rotatable bonds is 5. The highest BCUT2D eigenvalue weighted by Gasteiger charge is 2.09. The van der Waals surface area contributed by atoms with E-state index in [1.54, 1.807) is 23.7 Å². The van der Waals surface area contributed by atoms with Crippen molar-refractivity contribution in [1.82, 2.24) is 14.8 Å². The zero-order valence-corrected chi connectivity index (χ0v) is 12.4. The first-order chi connectivity index (χ1) is 9.58. The first kappa shape index (κ1) is 14.7. The Labute approximate surface area is 125 Å². The third-order valence-corrected chi connectivity index (χ3v) is 3.93. The van der Waals surface area contributed by atoms with E-state index in [1.807, 2.05) is 12.1 Å². The number of amides is 1. The molecule has 1 aromatic heterocycles. The molecule has 106 valence electrons. The first-order valence-corrected chi connectivity index (χ1v) is 7.26. The van der Waals surface area contributed by atoms with Crippen LogP contribution in [-0.4, -0.2) is 26.4 Å². The number of para-hydroxylation sites is 1. The van der Waals surface area contributed by atoms with E-state index in [0.29, 0.717) is 34.0 Å². The lowest BCUT2D eigenvalue weighted by atomic mass is 10.3. The van der Waals surface area contributed by atoms with Gasteiger partial charge in [-0.15, -0.1) is 10.2 Å². The molecule has 0 bridgehead atoms. The van der Waals surface area contributed by atoms with Crippen molar-refractivity contribution >= 4 is 40.9 Å². The smallest absolute Gasteiger partial charge is 0.225 e. The highest BCUT2D eigenvalue weighted by atomic mass is 35.5. The van der Waals surface area contributed by atoms with Crippen LogP contribution in [0.5, 0.6) is 0 Å². The van der Waals surface area contributed by atoms with Gasteiger partial charge in [0.1, 0.15) is 0 Å². The fourth-order valence-electron chi connectivity index (χ4n) is 1.46. The third kappa shape index (κ3) is 3.64. The van der Waals surface area contributed by atoms with Gasteiger partial charge in [-0.05, 0) is 12.1 Å². The lowest BCUT2D eigenvalue weighted by Crippen LogP contribution is -2.12. The van der Waals surface area contributed by atoms with Crippen LogP contribution in [0.15, 0.2) is 29.4 Å². The van der Waals surface area contributed by atoms with Crippen molar-refractivity contribution in [3.05, 3.63) is 29.3 Å². The molecule has 0 unspecified atom stereocenters. The lowest BCUT2D eigenvalue weighted by molar-refractivity contribution is -0.115. The highest BCUT2D eigenvalue weighted by Crippen LogP contribution is 2.21. The van der Waals surface area contributed by atoms with Gasteiger partial charge in [-0.2, -0.15) is 0 Å². The molecule has 0 spiro atoms. The van der Waals surface area contributed by atoms with E-state index < -0.39 is 0 Å². The Morgan fingerprint density at radius 2 is 2.20 bits per heavy atom. The number of nitrogens with two attached hydrogens (primary N) is 1. The van der Waals surface area contributed by atoms with E-state index in [9.17, 15) is 4.79 Å². The van der Waals surface area contributed by atoms with Crippen LogP contribution >= 0.6 is 23.4 Å². The van der Waals surface area contributed by atoms with Gasteiger partial charge in [0, 0.05) is 19.2 Å². The molecular formula is C12H14ClN5OS. The quantitative estimate of drug-likeness (QED) is 0.827. The van der Waals surface area contributed by atoms with Gasteiger partial charge in [0.2, 0.25) is 11.9 Å². The van der Waals surface area contributed by atoms with Gasteiger partial charge in [0.05, 0.1) is 10.7 Å². The number of hydrogen-bond acceptors (Lipinski definition) is 5. The molecule has 0 fully saturated rings. The maximum Gasteiger partial charge on any atom is 0.225 e. The maximum absolute atomic E-state index is 11.8. The summed E-state index contributed by atoms with van der Waals surface area (Å²) in [5.74, 6) is 0.844. The van der Waals surface area contributed by atoms with Gasteiger partial charge in [-0.1, -0.05) is 35.5 Å². The summed E-state index contributed by atoms with van der Waals surface area (Å²) < 4.78 is 1.68. The largest absolute Gasteiger partial charge is 0.368 e. The number of thioether (sulfide) groups is 1. The minimum absolute atomic E-state index is 0.0965. The van der Waals surface area contributed by atoms with Crippen molar-refractivity contribution in [1.29, 1.82) is 0 Å². The number of anilines is 2. The van der Waals surface area contributed by atoms with E-state index >= 15 is 0 Å². The molecule has 3 N–H and O–H groups in total. The Morgan fingerprint density at radius 1 is 1.45 bits per heavy atom. The van der Waals surface area contributed by atoms with Gasteiger partial charge >= 0.3 is 0 Å². The summed E-state index contributed by atoms with van der Waals surface area (Å²) in [6.45, 7) is 0. The average Bonchev–Trinajstić information content (AvgIpc) is 2.73. The summed E-state index contributed by atoms with van der Waals surface area (Å²) in [4.78, 5) is 11.8. The number of aromatic nitrogens is 3. The van der Waals surface area contributed by atoms with E-state index in [0.717, 1.165) is 0 Å². The molecule has 0 radical (unpaired) electrons. The summed E-state index contributed by atoms with van der Waals surface area (Å²) in [6, 6.07) is 7.12. The second-order valence-corrected chi connectivity index (χ2v) is 5.50. The molecule has 1 amide bonds. The topological polar surface area (TPSA) is 85.8 Å². The molecule has 0 saturated heterocycles. The number of nitrogen functional groups attached to an aromatic ring is 1. The van der Waals surface area contributed by atoms with Gasteiger partial charge in [-0.25, -0.2) is 0 Å². The molecule has 8 heteroatoms. The lowest BCUT2D eigenvalue weighted by Gasteiger charge is -2.06. The van der Waals surface area contributed by atoms with Crippen molar-refractivity contribution in [2.75, 3.05) is 16.8 Å². The maximum atomic E-state index is 11.8. The summed E-state index contributed by atoms with van der Waals surface area (Å²) in [5, 5.41) is 11.6. The molecule has 0 aliphatic heterocycles.